The van der Waals surface area contributed by atoms with Crippen molar-refractivity contribution >= 4 is 22.7 Å². The Bertz CT molecular complexity index is 650. The van der Waals surface area contributed by atoms with Gasteiger partial charge in [0, 0.05) is 25.1 Å². The second-order valence-corrected chi connectivity index (χ2v) is 5.88. The summed E-state index contributed by atoms with van der Waals surface area (Å²) in [6.45, 7) is 1.81. The van der Waals surface area contributed by atoms with Gasteiger partial charge in [-0.2, -0.15) is 0 Å². The zero-order valence-electron chi connectivity index (χ0n) is 12.3. The van der Waals surface area contributed by atoms with Crippen LogP contribution in [0.5, 0.6) is 0 Å². The molecule has 5 nitrogen and oxygen atoms in total. The van der Waals surface area contributed by atoms with Gasteiger partial charge in [0.2, 0.25) is 5.91 Å². The molecule has 0 bridgehead atoms. The first-order chi connectivity index (χ1) is 10.1. The lowest BCUT2D eigenvalue weighted by molar-refractivity contribution is -0.117. The summed E-state index contributed by atoms with van der Waals surface area (Å²) in [7, 11) is 0. The standard InChI is InChI=1S/C16H21N3O2/c1-10-18-14-9-12(6-7-15(14)21-10)19-16(20)8-11-4-2-3-5-13(11)17/h6-7,9,11,13H,2-5,8,17H2,1H3,(H,19,20). The number of oxazole rings is 1. The van der Waals surface area contributed by atoms with Gasteiger partial charge in [-0.05, 0) is 37.0 Å². The first-order valence-corrected chi connectivity index (χ1v) is 7.54. The topological polar surface area (TPSA) is 81.2 Å². The number of amides is 1. The molecule has 1 amide bonds. The van der Waals surface area contributed by atoms with Crippen LogP contribution in [-0.2, 0) is 4.79 Å². The van der Waals surface area contributed by atoms with Crippen LogP contribution in [0.2, 0.25) is 0 Å². The number of benzene rings is 1. The lowest BCUT2D eigenvalue weighted by atomic mass is 9.83. The molecule has 0 radical (unpaired) electrons. The van der Waals surface area contributed by atoms with Gasteiger partial charge in [-0.25, -0.2) is 4.98 Å². The number of hydrogen-bond donors (Lipinski definition) is 2. The number of carbonyl (C=O) groups is 1. The molecule has 3 N–H and O–H groups in total. The Hall–Kier alpha value is -1.88. The summed E-state index contributed by atoms with van der Waals surface area (Å²) in [6, 6.07) is 5.66. The average Bonchev–Trinajstić information content (AvgIpc) is 2.80. The third-order valence-electron chi connectivity index (χ3n) is 4.19. The van der Waals surface area contributed by atoms with Gasteiger partial charge in [0.1, 0.15) is 5.52 Å². The number of nitrogens with one attached hydrogen (secondary N) is 1. The predicted octanol–water partition coefficient (Wildman–Crippen LogP) is 2.98. The van der Waals surface area contributed by atoms with Crippen molar-refractivity contribution in [3.63, 3.8) is 0 Å². The average molecular weight is 287 g/mol. The molecule has 21 heavy (non-hydrogen) atoms. The molecule has 112 valence electrons. The largest absolute Gasteiger partial charge is 0.441 e. The van der Waals surface area contributed by atoms with E-state index in [-0.39, 0.29) is 11.9 Å². The van der Waals surface area contributed by atoms with Crippen molar-refractivity contribution in [3.05, 3.63) is 24.1 Å². The minimum atomic E-state index is 0.0249. The van der Waals surface area contributed by atoms with Gasteiger partial charge in [-0.3, -0.25) is 4.79 Å². The molecule has 5 heteroatoms. The van der Waals surface area contributed by atoms with E-state index in [0.717, 1.165) is 29.6 Å². The van der Waals surface area contributed by atoms with E-state index in [1.807, 2.05) is 25.1 Å². The number of fused-ring (bicyclic) bond motifs is 1. The molecule has 0 spiro atoms. The van der Waals surface area contributed by atoms with Crippen molar-refractivity contribution in [2.24, 2.45) is 11.7 Å². The van der Waals surface area contributed by atoms with E-state index in [4.69, 9.17) is 10.2 Å². The van der Waals surface area contributed by atoms with Crippen molar-refractivity contribution in [2.45, 2.75) is 45.1 Å². The summed E-state index contributed by atoms with van der Waals surface area (Å²) in [4.78, 5) is 16.4. The predicted molar refractivity (Wildman–Crippen MR) is 81.9 cm³/mol. The Morgan fingerprint density at radius 3 is 3.05 bits per heavy atom. The molecule has 2 atom stereocenters. The normalized spacial score (nSPS) is 22.4. The number of rotatable bonds is 3. The first kappa shape index (κ1) is 14.1. The van der Waals surface area contributed by atoms with E-state index in [2.05, 4.69) is 10.3 Å². The number of aryl methyl sites for hydroxylation is 1. The molecule has 1 saturated carbocycles. The van der Waals surface area contributed by atoms with Gasteiger partial charge in [0.15, 0.2) is 11.5 Å². The SMILES string of the molecule is Cc1nc2cc(NC(=O)CC3CCCCC3N)ccc2o1. The fourth-order valence-corrected chi connectivity index (χ4v) is 3.06. The van der Waals surface area contributed by atoms with Crippen molar-refractivity contribution in [1.82, 2.24) is 4.98 Å². The van der Waals surface area contributed by atoms with Crippen molar-refractivity contribution < 1.29 is 9.21 Å². The summed E-state index contributed by atoms with van der Waals surface area (Å²) in [6.07, 6.45) is 4.94. The number of anilines is 1. The van der Waals surface area contributed by atoms with Crippen LogP contribution in [0.25, 0.3) is 11.1 Å². The summed E-state index contributed by atoms with van der Waals surface area (Å²) >= 11 is 0. The van der Waals surface area contributed by atoms with Crippen LogP contribution in [0.4, 0.5) is 5.69 Å². The van der Waals surface area contributed by atoms with E-state index in [0.29, 0.717) is 18.2 Å². The Balaban J connectivity index is 1.65. The molecule has 1 aliphatic rings. The van der Waals surface area contributed by atoms with Gasteiger partial charge >= 0.3 is 0 Å². The van der Waals surface area contributed by atoms with Crippen molar-refractivity contribution in [3.8, 4) is 0 Å². The highest BCUT2D eigenvalue weighted by atomic mass is 16.3. The number of nitrogens with two attached hydrogens (primary N) is 1. The third-order valence-corrected chi connectivity index (χ3v) is 4.19. The lowest BCUT2D eigenvalue weighted by Crippen LogP contribution is -2.35. The maximum absolute atomic E-state index is 12.2. The molecular weight excluding hydrogens is 266 g/mol. The Morgan fingerprint density at radius 1 is 1.43 bits per heavy atom. The van der Waals surface area contributed by atoms with Gasteiger partial charge in [0.05, 0.1) is 0 Å². The maximum Gasteiger partial charge on any atom is 0.224 e. The highest BCUT2D eigenvalue weighted by Crippen LogP contribution is 2.26. The van der Waals surface area contributed by atoms with Gasteiger partial charge in [-0.15, -0.1) is 0 Å². The number of aromatic nitrogens is 1. The van der Waals surface area contributed by atoms with E-state index < -0.39 is 0 Å². The molecule has 1 aliphatic carbocycles. The summed E-state index contributed by atoms with van der Waals surface area (Å²) < 4.78 is 5.42. The summed E-state index contributed by atoms with van der Waals surface area (Å²) in [5, 5.41) is 2.94. The van der Waals surface area contributed by atoms with Gasteiger partial charge in [-0.1, -0.05) is 12.8 Å². The third kappa shape index (κ3) is 3.24. The smallest absolute Gasteiger partial charge is 0.224 e. The highest BCUT2D eigenvalue weighted by Gasteiger charge is 2.24. The fourth-order valence-electron chi connectivity index (χ4n) is 3.06. The minimum absolute atomic E-state index is 0.0249. The first-order valence-electron chi connectivity index (χ1n) is 7.54. The van der Waals surface area contributed by atoms with Crippen molar-refractivity contribution in [1.29, 1.82) is 0 Å². The summed E-state index contributed by atoms with van der Waals surface area (Å²) in [5.41, 5.74) is 8.35. The summed E-state index contributed by atoms with van der Waals surface area (Å²) in [5.74, 6) is 0.954. The second kappa shape index (κ2) is 5.85. The van der Waals surface area contributed by atoms with Crippen LogP contribution in [-0.4, -0.2) is 16.9 Å². The Labute approximate surface area is 123 Å². The minimum Gasteiger partial charge on any atom is -0.441 e. The van der Waals surface area contributed by atoms with Crippen LogP contribution in [0.3, 0.4) is 0 Å². The van der Waals surface area contributed by atoms with E-state index >= 15 is 0 Å². The molecule has 1 aromatic carbocycles. The zero-order valence-corrected chi connectivity index (χ0v) is 12.3. The Kier molecular flexibility index (Phi) is 3.92. The van der Waals surface area contributed by atoms with E-state index in [9.17, 15) is 4.79 Å². The molecule has 2 aromatic rings. The van der Waals surface area contributed by atoms with Crippen molar-refractivity contribution in [2.75, 3.05) is 5.32 Å². The molecule has 2 unspecified atom stereocenters. The maximum atomic E-state index is 12.2. The van der Waals surface area contributed by atoms with Crippen LogP contribution in [0.15, 0.2) is 22.6 Å². The zero-order chi connectivity index (χ0) is 14.8. The van der Waals surface area contributed by atoms with Gasteiger partial charge in [0.25, 0.3) is 0 Å². The van der Waals surface area contributed by atoms with Crippen LogP contribution in [0, 0.1) is 12.8 Å². The molecular formula is C16H21N3O2. The monoisotopic (exact) mass is 287 g/mol. The number of carbonyl (C=O) groups excluding carboxylic acids is 1. The molecule has 3 rings (SSSR count). The molecule has 1 fully saturated rings. The van der Waals surface area contributed by atoms with E-state index in [1.54, 1.807) is 0 Å². The van der Waals surface area contributed by atoms with Crippen LogP contribution < -0.4 is 11.1 Å². The molecule has 0 saturated heterocycles. The molecule has 0 aliphatic heterocycles. The van der Waals surface area contributed by atoms with Gasteiger partial charge < -0.3 is 15.5 Å². The van der Waals surface area contributed by atoms with Crippen LogP contribution >= 0.6 is 0 Å². The fraction of sp³-hybridized carbons (Fsp3) is 0.500. The van der Waals surface area contributed by atoms with Crippen LogP contribution in [0.1, 0.15) is 38.0 Å². The quantitative estimate of drug-likeness (QED) is 0.909. The van der Waals surface area contributed by atoms with E-state index in [1.165, 1.54) is 12.8 Å². The Morgan fingerprint density at radius 2 is 2.24 bits per heavy atom. The number of nitrogens with zero attached hydrogens (tertiary/aromatic N) is 1. The number of hydrogen-bond acceptors (Lipinski definition) is 4. The molecule has 1 heterocycles. The molecule has 1 aromatic heterocycles. The lowest BCUT2D eigenvalue weighted by Gasteiger charge is -2.27. The highest BCUT2D eigenvalue weighted by molar-refractivity contribution is 5.92. The second-order valence-electron chi connectivity index (χ2n) is 5.88.